The van der Waals surface area contributed by atoms with Crippen molar-refractivity contribution in [2.24, 2.45) is 0 Å². The fraction of sp³-hybridized carbons (Fsp3) is 0.350. The Bertz CT molecular complexity index is 886. The zero-order chi connectivity index (χ0) is 19.9. The first-order chi connectivity index (χ1) is 13.5. The summed E-state index contributed by atoms with van der Waals surface area (Å²) >= 11 is 1.34. The standard InChI is InChI=1S/C20H23FN4O2S/c1-14(2)15-7-9-17(10-8-15)25-20(22-23-24-25)28-13-18(26)12-27-11-16-5-3-4-6-19(16)21/h3-10,14,18,26H,11-13H2,1-2H3/t18-/m1/s1. The van der Waals surface area contributed by atoms with Crippen LogP contribution in [0.1, 0.15) is 30.9 Å². The number of halogens is 1. The van der Waals surface area contributed by atoms with E-state index in [1.165, 1.54) is 23.4 Å². The second-order valence-electron chi connectivity index (χ2n) is 6.69. The molecule has 1 atom stereocenters. The van der Waals surface area contributed by atoms with Crippen molar-refractivity contribution in [2.75, 3.05) is 12.4 Å². The van der Waals surface area contributed by atoms with Gasteiger partial charge < -0.3 is 9.84 Å². The summed E-state index contributed by atoms with van der Waals surface area (Å²) in [5.74, 6) is 0.507. The summed E-state index contributed by atoms with van der Waals surface area (Å²) in [5.41, 5.74) is 2.58. The van der Waals surface area contributed by atoms with Gasteiger partial charge in [-0.15, -0.1) is 5.10 Å². The first-order valence-corrected chi connectivity index (χ1v) is 10.0. The van der Waals surface area contributed by atoms with Gasteiger partial charge >= 0.3 is 0 Å². The molecule has 0 spiro atoms. The van der Waals surface area contributed by atoms with Gasteiger partial charge in [0.1, 0.15) is 5.82 Å². The average Bonchev–Trinajstić information content (AvgIpc) is 3.16. The molecule has 3 aromatic rings. The summed E-state index contributed by atoms with van der Waals surface area (Å²) in [5, 5.41) is 22.5. The van der Waals surface area contributed by atoms with Gasteiger partial charge in [0, 0.05) is 11.3 Å². The lowest BCUT2D eigenvalue weighted by Crippen LogP contribution is -2.18. The first kappa shape index (κ1) is 20.4. The molecule has 0 fully saturated rings. The van der Waals surface area contributed by atoms with Crippen molar-refractivity contribution in [1.82, 2.24) is 20.2 Å². The Labute approximate surface area is 167 Å². The SMILES string of the molecule is CC(C)c1ccc(-n2nnnc2SC[C@H](O)COCc2ccccc2F)cc1. The minimum absolute atomic E-state index is 0.103. The van der Waals surface area contributed by atoms with E-state index in [4.69, 9.17) is 4.74 Å². The number of aliphatic hydroxyl groups excluding tert-OH is 1. The summed E-state index contributed by atoms with van der Waals surface area (Å²) in [6.07, 6.45) is -0.717. The first-order valence-electron chi connectivity index (χ1n) is 9.05. The van der Waals surface area contributed by atoms with E-state index in [9.17, 15) is 9.50 Å². The van der Waals surface area contributed by atoms with Crippen molar-refractivity contribution in [2.45, 2.75) is 37.6 Å². The Morgan fingerprint density at radius 2 is 1.89 bits per heavy atom. The van der Waals surface area contributed by atoms with E-state index in [1.54, 1.807) is 22.9 Å². The van der Waals surface area contributed by atoms with Crippen LogP contribution in [0.5, 0.6) is 0 Å². The van der Waals surface area contributed by atoms with Crippen molar-refractivity contribution in [3.63, 3.8) is 0 Å². The summed E-state index contributed by atoms with van der Waals surface area (Å²) in [7, 11) is 0. The number of thioether (sulfide) groups is 1. The zero-order valence-corrected chi connectivity index (χ0v) is 16.6. The van der Waals surface area contributed by atoms with Crippen LogP contribution in [0.25, 0.3) is 5.69 Å². The van der Waals surface area contributed by atoms with Crippen LogP contribution < -0.4 is 0 Å². The molecule has 0 unspecified atom stereocenters. The smallest absolute Gasteiger partial charge is 0.214 e. The third kappa shape index (κ3) is 5.37. The van der Waals surface area contributed by atoms with Crippen LogP contribution in [-0.4, -0.2) is 43.8 Å². The molecule has 1 heterocycles. The Balaban J connectivity index is 1.51. The van der Waals surface area contributed by atoms with Gasteiger partial charge in [0.05, 0.1) is 25.0 Å². The number of aromatic nitrogens is 4. The Morgan fingerprint density at radius 3 is 2.61 bits per heavy atom. The van der Waals surface area contributed by atoms with Gasteiger partial charge in [-0.25, -0.2) is 4.39 Å². The number of nitrogens with zero attached hydrogens (tertiary/aromatic N) is 4. The highest BCUT2D eigenvalue weighted by atomic mass is 32.2. The quantitative estimate of drug-likeness (QED) is 0.552. The molecule has 0 aliphatic rings. The topological polar surface area (TPSA) is 73.1 Å². The fourth-order valence-corrected chi connectivity index (χ4v) is 3.37. The third-order valence-corrected chi connectivity index (χ3v) is 5.24. The van der Waals surface area contributed by atoms with E-state index in [0.29, 0.717) is 22.4 Å². The number of aliphatic hydroxyl groups is 1. The van der Waals surface area contributed by atoms with Gasteiger partial charge in [-0.2, -0.15) is 4.68 Å². The van der Waals surface area contributed by atoms with Crippen molar-refractivity contribution < 1.29 is 14.2 Å². The van der Waals surface area contributed by atoms with Gasteiger partial charge in [0.2, 0.25) is 5.16 Å². The van der Waals surface area contributed by atoms with E-state index in [2.05, 4.69) is 41.5 Å². The summed E-state index contributed by atoms with van der Waals surface area (Å²) in [4.78, 5) is 0. The minimum atomic E-state index is -0.717. The highest BCUT2D eigenvalue weighted by Gasteiger charge is 2.13. The van der Waals surface area contributed by atoms with Crippen molar-refractivity contribution >= 4 is 11.8 Å². The molecule has 3 rings (SSSR count). The molecular formula is C20H23FN4O2S. The van der Waals surface area contributed by atoms with Gasteiger partial charge in [0.25, 0.3) is 0 Å². The summed E-state index contributed by atoms with van der Waals surface area (Å²) in [6.45, 7) is 4.51. The van der Waals surface area contributed by atoms with Crippen molar-refractivity contribution in [1.29, 1.82) is 0 Å². The summed E-state index contributed by atoms with van der Waals surface area (Å²) in [6, 6.07) is 14.5. The molecule has 0 radical (unpaired) electrons. The highest BCUT2D eigenvalue weighted by Crippen LogP contribution is 2.21. The second kappa shape index (κ2) is 9.77. The molecular weight excluding hydrogens is 379 g/mol. The molecule has 0 amide bonds. The molecule has 2 aromatic carbocycles. The molecule has 28 heavy (non-hydrogen) atoms. The van der Waals surface area contributed by atoms with Crippen LogP contribution in [0.2, 0.25) is 0 Å². The molecule has 1 aromatic heterocycles. The van der Waals surface area contributed by atoms with Crippen LogP contribution in [0.4, 0.5) is 4.39 Å². The molecule has 0 aliphatic carbocycles. The molecule has 1 N–H and O–H groups in total. The average molecular weight is 402 g/mol. The Hall–Kier alpha value is -2.29. The van der Waals surface area contributed by atoms with Crippen LogP contribution in [-0.2, 0) is 11.3 Å². The van der Waals surface area contributed by atoms with Crippen molar-refractivity contribution in [3.8, 4) is 5.69 Å². The zero-order valence-electron chi connectivity index (χ0n) is 15.8. The monoisotopic (exact) mass is 402 g/mol. The second-order valence-corrected chi connectivity index (χ2v) is 7.68. The number of hydrogen-bond acceptors (Lipinski definition) is 6. The lowest BCUT2D eigenvalue weighted by molar-refractivity contribution is 0.0386. The van der Waals surface area contributed by atoms with Crippen LogP contribution >= 0.6 is 11.8 Å². The van der Waals surface area contributed by atoms with Gasteiger partial charge in [-0.1, -0.05) is 55.9 Å². The van der Waals surface area contributed by atoms with E-state index >= 15 is 0 Å². The Kier molecular flexibility index (Phi) is 7.13. The predicted molar refractivity (Wildman–Crippen MR) is 106 cm³/mol. The van der Waals surface area contributed by atoms with Gasteiger partial charge in [-0.3, -0.25) is 0 Å². The van der Waals surface area contributed by atoms with Gasteiger partial charge in [-0.05, 0) is 40.1 Å². The minimum Gasteiger partial charge on any atom is -0.390 e. The molecule has 0 aliphatic heterocycles. The summed E-state index contributed by atoms with van der Waals surface area (Å²) < 4.78 is 20.6. The Morgan fingerprint density at radius 1 is 1.14 bits per heavy atom. The lowest BCUT2D eigenvalue weighted by Gasteiger charge is -2.11. The third-order valence-electron chi connectivity index (χ3n) is 4.18. The fourth-order valence-electron chi connectivity index (χ4n) is 2.57. The maximum atomic E-state index is 13.6. The predicted octanol–water partition coefficient (Wildman–Crippen LogP) is 3.59. The number of rotatable bonds is 9. The molecule has 8 heteroatoms. The molecule has 0 saturated carbocycles. The number of benzene rings is 2. The van der Waals surface area contributed by atoms with E-state index in [-0.39, 0.29) is 19.0 Å². The van der Waals surface area contributed by atoms with Crippen LogP contribution in [0, 0.1) is 5.82 Å². The molecule has 0 bridgehead atoms. The van der Waals surface area contributed by atoms with Crippen molar-refractivity contribution in [3.05, 3.63) is 65.5 Å². The van der Waals surface area contributed by atoms with Gasteiger partial charge in [0.15, 0.2) is 0 Å². The number of ether oxygens (including phenoxy) is 1. The normalized spacial score (nSPS) is 12.5. The lowest BCUT2D eigenvalue weighted by atomic mass is 10.0. The molecule has 6 nitrogen and oxygen atoms in total. The van der Waals surface area contributed by atoms with E-state index in [1.807, 2.05) is 12.1 Å². The van der Waals surface area contributed by atoms with Crippen LogP contribution in [0.15, 0.2) is 53.7 Å². The molecule has 0 saturated heterocycles. The number of hydrogen-bond donors (Lipinski definition) is 1. The maximum Gasteiger partial charge on any atom is 0.214 e. The highest BCUT2D eigenvalue weighted by molar-refractivity contribution is 7.99. The molecule has 148 valence electrons. The van der Waals surface area contributed by atoms with E-state index < -0.39 is 6.10 Å². The van der Waals surface area contributed by atoms with E-state index in [0.717, 1.165) is 5.69 Å². The number of tetrazole rings is 1. The largest absolute Gasteiger partial charge is 0.390 e. The van der Waals surface area contributed by atoms with Crippen LogP contribution in [0.3, 0.4) is 0 Å². The maximum absolute atomic E-state index is 13.6.